The Morgan fingerprint density at radius 1 is 0.543 bits per heavy atom. The zero-order valence-electron chi connectivity index (χ0n) is 27.3. The van der Waals surface area contributed by atoms with Gasteiger partial charge in [0.25, 0.3) is 11.1 Å². The van der Waals surface area contributed by atoms with Crippen molar-refractivity contribution in [3.05, 3.63) is 152 Å². The highest BCUT2D eigenvalue weighted by atomic mass is 16.1. The van der Waals surface area contributed by atoms with E-state index < -0.39 is 0 Å². The quantitative estimate of drug-likeness (QED) is 0.162. The molecule has 0 spiro atoms. The molecule has 2 N–H and O–H groups in total. The molecule has 0 aliphatic heterocycles. The Kier molecular flexibility index (Phi) is 10.7. The van der Waals surface area contributed by atoms with Crippen LogP contribution in [0.2, 0.25) is 0 Å². The van der Waals surface area contributed by atoms with Crippen LogP contribution in [0.25, 0.3) is 33.6 Å². The number of nitrogens with one attached hydrogen (secondary N) is 2. The lowest BCUT2D eigenvalue weighted by Crippen LogP contribution is -2.16. The minimum Gasteiger partial charge on any atom is -0.294 e. The zero-order chi connectivity index (χ0) is 32.5. The van der Waals surface area contributed by atoms with E-state index in [-0.39, 0.29) is 11.1 Å². The number of para-hydroxylation sites is 1. The summed E-state index contributed by atoms with van der Waals surface area (Å²) < 4.78 is 3.34. The number of hydrogen-bond donors (Lipinski definition) is 2. The fraction of sp³-hybridized carbons (Fsp3) is 0.250. The maximum absolute atomic E-state index is 13.0. The Morgan fingerprint density at radius 3 is 1.50 bits per heavy atom. The summed E-state index contributed by atoms with van der Waals surface area (Å²) in [5, 5.41) is 6.67. The molecule has 0 saturated heterocycles. The number of aromatic amines is 2. The maximum Gasteiger partial charge on any atom is 0.279 e. The molecular formula is C40H44N4O2. The second kappa shape index (κ2) is 15.3. The second-order valence-corrected chi connectivity index (χ2v) is 11.8. The number of benzene rings is 4. The number of unbranched alkanes of at least 4 members (excludes halogenated alkanes) is 2. The molecule has 0 aliphatic carbocycles. The molecule has 0 fully saturated rings. The summed E-state index contributed by atoms with van der Waals surface area (Å²) >= 11 is 0. The third-order valence-electron chi connectivity index (χ3n) is 8.27. The van der Waals surface area contributed by atoms with E-state index in [1.165, 1.54) is 5.56 Å². The predicted molar refractivity (Wildman–Crippen MR) is 190 cm³/mol. The fourth-order valence-corrected chi connectivity index (χ4v) is 5.70. The number of nitrogens with zero attached hydrogens (tertiary/aromatic N) is 2. The van der Waals surface area contributed by atoms with E-state index in [2.05, 4.69) is 24.0 Å². The third-order valence-corrected chi connectivity index (χ3v) is 8.27. The van der Waals surface area contributed by atoms with Crippen LogP contribution in [0.15, 0.2) is 119 Å². The summed E-state index contributed by atoms with van der Waals surface area (Å²) in [4.78, 5) is 26.0. The molecule has 0 bridgehead atoms. The lowest BCUT2D eigenvalue weighted by atomic mass is 10.0. The van der Waals surface area contributed by atoms with Crippen LogP contribution in [0.3, 0.4) is 0 Å². The lowest BCUT2D eigenvalue weighted by Gasteiger charge is -2.05. The van der Waals surface area contributed by atoms with Crippen LogP contribution < -0.4 is 11.1 Å². The van der Waals surface area contributed by atoms with E-state index in [4.69, 9.17) is 0 Å². The van der Waals surface area contributed by atoms with Gasteiger partial charge < -0.3 is 0 Å². The lowest BCUT2D eigenvalue weighted by molar-refractivity contribution is 0.747. The van der Waals surface area contributed by atoms with Crippen molar-refractivity contribution in [1.82, 2.24) is 19.6 Å². The van der Waals surface area contributed by atoms with E-state index in [0.29, 0.717) is 0 Å². The Labute approximate surface area is 271 Å². The Hall–Kier alpha value is -5.10. The SMILES string of the molecule is CCCCc1[nH]n(-c2ccc(C)cc2)c(=O)c1-c1ccccc1.CCCCc1[nH]n(-c2ccccc2C)c(=O)c1-c1ccccc1. The molecule has 6 nitrogen and oxygen atoms in total. The standard InChI is InChI=1S/2C20H22N2O/c1-3-4-13-17-19(16-11-6-5-7-12-16)20(23)22(21-17)18-14-9-8-10-15(18)2;1-3-4-10-18-19(16-8-6-5-7-9-16)20(23)22(21-18)17-13-11-15(2)12-14-17/h5-12,14,21H,3-4,13H2,1-2H3;5-9,11-14,21H,3-4,10H2,1-2H3. The van der Waals surface area contributed by atoms with Gasteiger partial charge in [0.2, 0.25) is 0 Å². The van der Waals surface area contributed by atoms with Gasteiger partial charge in [-0.2, -0.15) is 0 Å². The van der Waals surface area contributed by atoms with Crippen LogP contribution in [0, 0.1) is 13.8 Å². The molecule has 6 heteroatoms. The molecule has 0 aliphatic rings. The van der Waals surface area contributed by atoms with Gasteiger partial charge in [0.15, 0.2) is 0 Å². The van der Waals surface area contributed by atoms with Crippen molar-refractivity contribution in [2.45, 2.75) is 66.2 Å². The molecule has 2 aromatic heterocycles. The average molecular weight is 613 g/mol. The monoisotopic (exact) mass is 612 g/mol. The van der Waals surface area contributed by atoms with E-state index in [9.17, 15) is 9.59 Å². The molecule has 0 radical (unpaired) electrons. The van der Waals surface area contributed by atoms with Gasteiger partial charge in [-0.25, -0.2) is 9.36 Å². The Morgan fingerprint density at radius 2 is 1.00 bits per heavy atom. The van der Waals surface area contributed by atoms with Gasteiger partial charge in [-0.1, -0.05) is 123 Å². The summed E-state index contributed by atoms with van der Waals surface area (Å²) in [6, 6.07) is 35.8. The van der Waals surface area contributed by atoms with Gasteiger partial charge in [0, 0.05) is 11.4 Å². The van der Waals surface area contributed by atoms with Crippen LogP contribution in [0.4, 0.5) is 0 Å². The van der Waals surface area contributed by atoms with Crippen LogP contribution in [0.1, 0.15) is 62.0 Å². The van der Waals surface area contributed by atoms with Gasteiger partial charge in [-0.15, -0.1) is 0 Å². The summed E-state index contributed by atoms with van der Waals surface area (Å²) in [7, 11) is 0. The van der Waals surface area contributed by atoms with Crippen LogP contribution in [0.5, 0.6) is 0 Å². The van der Waals surface area contributed by atoms with E-state index in [1.807, 2.05) is 123 Å². The summed E-state index contributed by atoms with van der Waals surface area (Å²) in [5.74, 6) is 0. The zero-order valence-corrected chi connectivity index (χ0v) is 27.3. The minimum absolute atomic E-state index is 0.0196. The molecule has 4 aromatic carbocycles. The maximum atomic E-state index is 13.0. The van der Waals surface area contributed by atoms with Crippen molar-refractivity contribution in [2.75, 3.05) is 0 Å². The highest BCUT2D eigenvalue weighted by Gasteiger charge is 2.18. The van der Waals surface area contributed by atoms with Crippen molar-refractivity contribution < 1.29 is 0 Å². The number of H-pyrrole nitrogens is 2. The molecule has 0 amide bonds. The van der Waals surface area contributed by atoms with Crippen molar-refractivity contribution in [3.8, 4) is 33.6 Å². The first-order chi connectivity index (χ1) is 22.4. The fourth-order valence-electron chi connectivity index (χ4n) is 5.70. The number of aryl methyl sites for hydroxylation is 4. The van der Waals surface area contributed by atoms with Crippen molar-refractivity contribution >= 4 is 0 Å². The van der Waals surface area contributed by atoms with Gasteiger partial charge >= 0.3 is 0 Å². The third kappa shape index (κ3) is 7.23. The van der Waals surface area contributed by atoms with E-state index in [1.54, 1.807) is 9.36 Å². The van der Waals surface area contributed by atoms with E-state index >= 15 is 0 Å². The first kappa shape index (κ1) is 32.3. The second-order valence-electron chi connectivity index (χ2n) is 11.8. The molecule has 2 heterocycles. The van der Waals surface area contributed by atoms with Crippen LogP contribution >= 0.6 is 0 Å². The molecule has 0 unspecified atom stereocenters. The van der Waals surface area contributed by atoms with Crippen molar-refractivity contribution in [2.24, 2.45) is 0 Å². The molecule has 0 saturated carbocycles. The molecule has 236 valence electrons. The first-order valence-electron chi connectivity index (χ1n) is 16.3. The average Bonchev–Trinajstić information content (AvgIpc) is 3.59. The van der Waals surface area contributed by atoms with Gasteiger partial charge in [-0.3, -0.25) is 19.8 Å². The summed E-state index contributed by atoms with van der Waals surface area (Å²) in [6.07, 6.45) is 6.10. The number of aromatic nitrogens is 4. The molecule has 46 heavy (non-hydrogen) atoms. The predicted octanol–water partition coefficient (Wildman–Crippen LogP) is 8.97. The smallest absolute Gasteiger partial charge is 0.279 e. The Balaban J connectivity index is 0.000000181. The van der Waals surface area contributed by atoms with Crippen molar-refractivity contribution in [3.63, 3.8) is 0 Å². The van der Waals surface area contributed by atoms with Crippen LogP contribution in [-0.2, 0) is 12.8 Å². The van der Waals surface area contributed by atoms with Gasteiger partial charge in [0.05, 0.1) is 22.5 Å². The molecule has 0 atom stereocenters. The summed E-state index contributed by atoms with van der Waals surface area (Å²) in [6.45, 7) is 8.40. The van der Waals surface area contributed by atoms with Crippen LogP contribution in [-0.4, -0.2) is 19.6 Å². The Bertz CT molecular complexity index is 1960. The highest BCUT2D eigenvalue weighted by molar-refractivity contribution is 5.67. The highest BCUT2D eigenvalue weighted by Crippen LogP contribution is 2.23. The van der Waals surface area contributed by atoms with E-state index in [0.717, 1.165) is 89.1 Å². The molecule has 6 aromatic rings. The van der Waals surface area contributed by atoms with Gasteiger partial charge in [-0.05, 0) is 74.4 Å². The topological polar surface area (TPSA) is 75.6 Å². The normalized spacial score (nSPS) is 10.9. The number of rotatable bonds is 10. The minimum atomic E-state index is 0.0196. The summed E-state index contributed by atoms with van der Waals surface area (Å²) in [5.41, 5.74) is 9.68. The van der Waals surface area contributed by atoms with Gasteiger partial charge in [0.1, 0.15) is 0 Å². The molecule has 6 rings (SSSR count). The molecular weight excluding hydrogens is 568 g/mol. The first-order valence-corrected chi connectivity index (χ1v) is 16.3. The van der Waals surface area contributed by atoms with Crippen molar-refractivity contribution in [1.29, 1.82) is 0 Å². The number of hydrogen-bond acceptors (Lipinski definition) is 2. The largest absolute Gasteiger partial charge is 0.294 e.